The van der Waals surface area contributed by atoms with Crippen molar-refractivity contribution in [1.29, 1.82) is 0 Å². The smallest absolute Gasteiger partial charge is 0.258 e. The summed E-state index contributed by atoms with van der Waals surface area (Å²) in [7, 11) is 0. The molecule has 0 aliphatic carbocycles. The van der Waals surface area contributed by atoms with Crippen LogP contribution in [0.3, 0.4) is 0 Å². The van der Waals surface area contributed by atoms with Gasteiger partial charge >= 0.3 is 0 Å². The van der Waals surface area contributed by atoms with Crippen molar-refractivity contribution in [2.45, 2.75) is 51.1 Å². The van der Waals surface area contributed by atoms with Crippen molar-refractivity contribution in [3.05, 3.63) is 183 Å². The van der Waals surface area contributed by atoms with Crippen molar-refractivity contribution in [3.63, 3.8) is 0 Å². The van der Waals surface area contributed by atoms with Crippen LogP contribution < -0.4 is 10.9 Å². The summed E-state index contributed by atoms with van der Waals surface area (Å²) in [6.07, 6.45) is 3.09. The fourth-order valence-electron chi connectivity index (χ4n) is 7.52. The van der Waals surface area contributed by atoms with Gasteiger partial charge in [-0.3, -0.25) is 19.5 Å². The molecule has 262 valence electrons. The lowest BCUT2D eigenvalue weighted by Gasteiger charge is -2.36. The normalized spacial score (nSPS) is 12.7. The van der Waals surface area contributed by atoms with E-state index in [0.29, 0.717) is 36.7 Å². The average molecular weight is 698 g/mol. The van der Waals surface area contributed by atoms with Gasteiger partial charge in [-0.25, -0.2) is 9.67 Å². The SMILES string of the molecule is CCCCc1nc2n(c(=O)c1Cc1ccc(-c3ccccc3)c(-c3nnnn3C(c3ccccc3)(c3ccccc3)c3ccccc3)c1)CCC(=O)N2. The standard InChI is InChI=1S/C44H39N7O2/c1-2-3-24-39-38(42(53)50-28-27-40(52)46-43(50)45-39)30-31-25-26-36(32-16-8-4-9-17-32)37(29-31)41-47-48-49-51(41)44(33-18-10-5-11-19-33,34-20-12-6-13-21-34)35-22-14-7-15-23-35/h4-23,25-26,29H,2-3,24,27-28,30H2,1H3,(H,45,46,52). The number of aryl methyl sites for hydroxylation is 1. The predicted molar refractivity (Wildman–Crippen MR) is 206 cm³/mol. The zero-order valence-corrected chi connectivity index (χ0v) is 29.5. The number of amides is 1. The Hall–Kier alpha value is -6.48. The summed E-state index contributed by atoms with van der Waals surface area (Å²) in [5.74, 6) is 0.790. The van der Waals surface area contributed by atoms with Gasteiger partial charge in [0.2, 0.25) is 11.9 Å². The van der Waals surface area contributed by atoms with Gasteiger partial charge in [-0.1, -0.05) is 147 Å². The number of tetrazole rings is 1. The third kappa shape index (κ3) is 6.24. The quantitative estimate of drug-likeness (QED) is 0.139. The van der Waals surface area contributed by atoms with Gasteiger partial charge in [0.05, 0.1) is 5.69 Å². The summed E-state index contributed by atoms with van der Waals surface area (Å²) in [5, 5.41) is 16.8. The fraction of sp³-hybridized carbons (Fsp3) is 0.182. The minimum Gasteiger partial charge on any atom is -0.296 e. The molecule has 3 heterocycles. The predicted octanol–water partition coefficient (Wildman–Crippen LogP) is 7.68. The molecule has 9 nitrogen and oxygen atoms in total. The second-order valence-electron chi connectivity index (χ2n) is 13.4. The lowest BCUT2D eigenvalue weighted by Crippen LogP contribution is -2.39. The molecule has 5 aromatic carbocycles. The Balaban J connectivity index is 1.36. The van der Waals surface area contributed by atoms with Crippen molar-refractivity contribution < 1.29 is 4.79 Å². The summed E-state index contributed by atoms with van der Waals surface area (Å²) < 4.78 is 3.54. The number of carbonyl (C=O) groups excluding carboxylic acids is 1. The zero-order chi connectivity index (χ0) is 36.2. The molecule has 1 N–H and O–H groups in total. The molecule has 8 rings (SSSR count). The zero-order valence-electron chi connectivity index (χ0n) is 29.5. The number of nitrogens with one attached hydrogen (secondary N) is 1. The Bertz CT molecular complexity index is 2330. The third-order valence-corrected chi connectivity index (χ3v) is 10.1. The second kappa shape index (κ2) is 14.6. The van der Waals surface area contributed by atoms with E-state index in [0.717, 1.165) is 57.5 Å². The Morgan fingerprint density at radius 1 is 0.736 bits per heavy atom. The average Bonchev–Trinajstić information content (AvgIpc) is 3.70. The minimum atomic E-state index is -0.939. The first kappa shape index (κ1) is 33.7. The monoisotopic (exact) mass is 697 g/mol. The van der Waals surface area contributed by atoms with Crippen molar-refractivity contribution in [3.8, 4) is 22.5 Å². The molecular weight excluding hydrogens is 659 g/mol. The summed E-state index contributed by atoms with van der Waals surface area (Å²) in [4.78, 5) is 31.2. The van der Waals surface area contributed by atoms with Crippen LogP contribution in [0.15, 0.2) is 144 Å². The molecule has 0 saturated heterocycles. The van der Waals surface area contributed by atoms with Gasteiger partial charge in [0.1, 0.15) is 5.54 Å². The third-order valence-electron chi connectivity index (χ3n) is 10.1. The van der Waals surface area contributed by atoms with Gasteiger partial charge in [-0.15, -0.1) is 5.10 Å². The van der Waals surface area contributed by atoms with E-state index in [2.05, 4.69) is 84.2 Å². The molecule has 1 amide bonds. The Morgan fingerprint density at radius 2 is 1.34 bits per heavy atom. The summed E-state index contributed by atoms with van der Waals surface area (Å²) in [6, 6.07) is 47.6. The lowest BCUT2D eigenvalue weighted by molar-refractivity contribution is -0.116. The Morgan fingerprint density at radius 3 is 1.94 bits per heavy atom. The molecule has 0 bridgehead atoms. The van der Waals surface area contributed by atoms with Gasteiger partial charge in [-0.05, 0) is 62.7 Å². The van der Waals surface area contributed by atoms with Crippen molar-refractivity contribution in [1.82, 2.24) is 29.8 Å². The number of benzene rings is 5. The van der Waals surface area contributed by atoms with E-state index in [1.54, 1.807) is 4.57 Å². The van der Waals surface area contributed by atoms with Crippen LogP contribution >= 0.6 is 0 Å². The molecule has 2 aromatic heterocycles. The van der Waals surface area contributed by atoms with E-state index in [9.17, 15) is 9.59 Å². The highest BCUT2D eigenvalue weighted by molar-refractivity contribution is 5.90. The van der Waals surface area contributed by atoms with E-state index in [1.165, 1.54) is 0 Å². The maximum atomic E-state index is 14.1. The topological polar surface area (TPSA) is 108 Å². The molecule has 0 radical (unpaired) electrons. The molecule has 7 aromatic rings. The fourth-order valence-corrected chi connectivity index (χ4v) is 7.52. The molecule has 0 spiro atoms. The van der Waals surface area contributed by atoms with Crippen molar-refractivity contribution in [2.24, 2.45) is 0 Å². The Kier molecular flexibility index (Phi) is 9.29. The highest BCUT2D eigenvalue weighted by Gasteiger charge is 2.42. The summed E-state index contributed by atoms with van der Waals surface area (Å²) >= 11 is 0. The molecule has 0 unspecified atom stereocenters. The van der Waals surface area contributed by atoms with E-state index in [1.807, 2.05) is 77.5 Å². The molecule has 9 heteroatoms. The summed E-state index contributed by atoms with van der Waals surface area (Å²) in [6.45, 7) is 2.42. The van der Waals surface area contributed by atoms with Crippen molar-refractivity contribution >= 4 is 11.9 Å². The maximum Gasteiger partial charge on any atom is 0.258 e. The van der Waals surface area contributed by atoms with Crippen LogP contribution in [0.4, 0.5) is 5.95 Å². The first-order valence-electron chi connectivity index (χ1n) is 18.1. The second-order valence-corrected chi connectivity index (χ2v) is 13.4. The molecule has 53 heavy (non-hydrogen) atoms. The van der Waals surface area contributed by atoms with E-state index in [-0.39, 0.29) is 17.9 Å². The molecule has 0 fully saturated rings. The number of unbranched alkanes of at least 4 members (excludes halogenated alkanes) is 1. The van der Waals surface area contributed by atoms with Crippen molar-refractivity contribution in [2.75, 3.05) is 5.32 Å². The molecule has 0 atom stereocenters. The molecule has 1 aliphatic heterocycles. The number of rotatable bonds is 11. The molecular formula is C44H39N7O2. The van der Waals surface area contributed by atoms with Gasteiger partial charge in [0.25, 0.3) is 5.56 Å². The van der Waals surface area contributed by atoms with Crippen LogP contribution in [0.25, 0.3) is 22.5 Å². The molecule has 1 aliphatic rings. The van der Waals surface area contributed by atoms with Crippen LogP contribution in [0.5, 0.6) is 0 Å². The van der Waals surface area contributed by atoms with E-state index >= 15 is 0 Å². The number of hydrogen-bond acceptors (Lipinski definition) is 6. The first-order valence-corrected chi connectivity index (χ1v) is 18.1. The van der Waals surface area contributed by atoms with Crippen LogP contribution in [0.2, 0.25) is 0 Å². The number of carbonyl (C=O) groups is 1. The van der Waals surface area contributed by atoms with Crippen LogP contribution in [0.1, 0.15) is 59.7 Å². The number of anilines is 1. The molecule has 0 saturated carbocycles. The van der Waals surface area contributed by atoms with Crippen LogP contribution in [0, 0.1) is 0 Å². The van der Waals surface area contributed by atoms with Gasteiger partial charge in [-0.2, -0.15) is 0 Å². The van der Waals surface area contributed by atoms with E-state index in [4.69, 9.17) is 15.3 Å². The minimum absolute atomic E-state index is 0.115. The number of hydrogen-bond donors (Lipinski definition) is 1. The first-order chi connectivity index (χ1) is 26.1. The van der Waals surface area contributed by atoms with E-state index < -0.39 is 5.54 Å². The lowest BCUT2D eigenvalue weighted by atomic mass is 9.76. The summed E-state index contributed by atoms with van der Waals surface area (Å²) in [5.41, 5.74) is 7.06. The maximum absolute atomic E-state index is 14.1. The van der Waals surface area contributed by atoms with Crippen LogP contribution in [-0.2, 0) is 29.7 Å². The number of fused-ring (bicyclic) bond motifs is 1. The highest BCUT2D eigenvalue weighted by Crippen LogP contribution is 2.43. The Labute approximate surface area is 308 Å². The van der Waals surface area contributed by atoms with Crippen LogP contribution in [-0.4, -0.2) is 35.7 Å². The van der Waals surface area contributed by atoms with Gasteiger partial charge in [0.15, 0.2) is 5.82 Å². The van der Waals surface area contributed by atoms with Gasteiger partial charge in [0, 0.05) is 30.5 Å². The largest absolute Gasteiger partial charge is 0.296 e. The van der Waals surface area contributed by atoms with Gasteiger partial charge < -0.3 is 0 Å². The highest BCUT2D eigenvalue weighted by atomic mass is 16.2. The number of aromatic nitrogens is 6. The number of nitrogens with zero attached hydrogens (tertiary/aromatic N) is 6.